The Morgan fingerprint density at radius 3 is 2.14 bits per heavy atom. The van der Waals surface area contributed by atoms with Crippen LogP contribution in [0.5, 0.6) is 5.75 Å². The number of rotatable bonds is 3. The van der Waals surface area contributed by atoms with Gasteiger partial charge < -0.3 is 9.64 Å². The first-order valence-corrected chi connectivity index (χ1v) is 7.96. The molecule has 0 spiro atoms. The molecule has 1 saturated heterocycles. The summed E-state index contributed by atoms with van der Waals surface area (Å²) >= 11 is 0. The van der Waals surface area contributed by atoms with Crippen LogP contribution in [0, 0.1) is 11.8 Å². The number of ether oxygens (including phenoxy) is 1. The molecule has 0 unspecified atom stereocenters. The lowest BCUT2D eigenvalue weighted by Crippen LogP contribution is -2.35. The van der Waals surface area contributed by atoms with E-state index in [1.54, 1.807) is 18.2 Å². The van der Waals surface area contributed by atoms with E-state index < -0.39 is 6.36 Å². The third-order valence-electron chi connectivity index (χ3n) is 3.91. The van der Waals surface area contributed by atoms with Gasteiger partial charge in [-0.2, -0.15) is 0 Å². The SMILES string of the molecule is CC.CC(C)C1CCN(c2ccccc2OC(F)(F)F)CC1. The molecule has 1 aliphatic rings. The van der Waals surface area contributed by atoms with E-state index in [1.165, 1.54) is 6.07 Å². The minimum absolute atomic E-state index is 0.108. The Hall–Kier alpha value is -1.39. The monoisotopic (exact) mass is 317 g/mol. The fourth-order valence-corrected chi connectivity index (χ4v) is 2.74. The summed E-state index contributed by atoms with van der Waals surface area (Å²) in [6.07, 6.45) is -2.62. The number of piperidine rings is 1. The summed E-state index contributed by atoms with van der Waals surface area (Å²) in [5, 5.41) is 0. The lowest BCUT2D eigenvalue weighted by Gasteiger charge is -2.36. The molecule has 0 bridgehead atoms. The van der Waals surface area contributed by atoms with Gasteiger partial charge in [0.15, 0.2) is 5.75 Å². The van der Waals surface area contributed by atoms with E-state index in [4.69, 9.17) is 0 Å². The van der Waals surface area contributed by atoms with Crippen molar-refractivity contribution in [1.82, 2.24) is 0 Å². The Morgan fingerprint density at radius 2 is 1.64 bits per heavy atom. The van der Waals surface area contributed by atoms with Crippen LogP contribution in [0.15, 0.2) is 24.3 Å². The Bertz CT molecular complexity index is 438. The second-order valence-corrected chi connectivity index (χ2v) is 5.58. The highest BCUT2D eigenvalue weighted by Gasteiger charge is 2.33. The molecule has 22 heavy (non-hydrogen) atoms. The molecule has 2 rings (SSSR count). The molecule has 0 radical (unpaired) electrons. The molecule has 0 atom stereocenters. The zero-order chi connectivity index (χ0) is 16.8. The summed E-state index contributed by atoms with van der Waals surface area (Å²) in [7, 11) is 0. The van der Waals surface area contributed by atoms with Crippen LogP contribution in [-0.2, 0) is 0 Å². The number of hydrogen-bond donors (Lipinski definition) is 0. The van der Waals surface area contributed by atoms with E-state index in [0.717, 1.165) is 25.9 Å². The van der Waals surface area contributed by atoms with Gasteiger partial charge in [0.1, 0.15) is 0 Å². The van der Waals surface area contributed by atoms with Gasteiger partial charge in [0.25, 0.3) is 0 Å². The number of hydrogen-bond acceptors (Lipinski definition) is 2. The Balaban J connectivity index is 0.00000116. The van der Waals surface area contributed by atoms with E-state index in [1.807, 2.05) is 18.7 Å². The summed E-state index contributed by atoms with van der Waals surface area (Å²) in [4.78, 5) is 1.99. The molecule has 0 aromatic heterocycles. The molecule has 0 N–H and O–H groups in total. The first-order valence-electron chi connectivity index (χ1n) is 7.96. The third-order valence-corrected chi connectivity index (χ3v) is 3.91. The van der Waals surface area contributed by atoms with Crippen LogP contribution in [0.4, 0.5) is 18.9 Å². The maximum atomic E-state index is 12.4. The van der Waals surface area contributed by atoms with Crippen molar-refractivity contribution < 1.29 is 17.9 Å². The van der Waals surface area contributed by atoms with Crippen LogP contribution >= 0.6 is 0 Å². The van der Waals surface area contributed by atoms with Crippen LogP contribution in [0.1, 0.15) is 40.5 Å². The van der Waals surface area contributed by atoms with Crippen molar-refractivity contribution in [2.24, 2.45) is 11.8 Å². The average molecular weight is 317 g/mol. The summed E-state index contributed by atoms with van der Waals surface area (Å²) in [5.41, 5.74) is 0.534. The van der Waals surface area contributed by atoms with Crippen LogP contribution in [0.25, 0.3) is 0 Å². The molecule has 5 heteroatoms. The van der Waals surface area contributed by atoms with Crippen molar-refractivity contribution in [3.05, 3.63) is 24.3 Å². The zero-order valence-corrected chi connectivity index (χ0v) is 13.8. The van der Waals surface area contributed by atoms with Gasteiger partial charge in [-0.05, 0) is 36.8 Å². The molecule has 1 heterocycles. The number of para-hydroxylation sites is 2. The van der Waals surface area contributed by atoms with Gasteiger partial charge in [-0.15, -0.1) is 13.2 Å². The predicted octanol–water partition coefficient (Wildman–Crippen LogP) is 5.48. The minimum Gasteiger partial charge on any atom is -0.404 e. The van der Waals surface area contributed by atoms with E-state index in [-0.39, 0.29) is 5.75 Å². The van der Waals surface area contributed by atoms with Gasteiger partial charge in [-0.3, -0.25) is 0 Å². The zero-order valence-electron chi connectivity index (χ0n) is 13.8. The van der Waals surface area contributed by atoms with Gasteiger partial charge in [-0.1, -0.05) is 39.8 Å². The van der Waals surface area contributed by atoms with E-state index in [2.05, 4.69) is 18.6 Å². The van der Waals surface area contributed by atoms with Crippen LogP contribution in [-0.4, -0.2) is 19.5 Å². The number of halogens is 3. The largest absolute Gasteiger partial charge is 0.573 e. The van der Waals surface area contributed by atoms with Crippen LogP contribution in [0.2, 0.25) is 0 Å². The third kappa shape index (κ3) is 5.43. The topological polar surface area (TPSA) is 12.5 Å². The van der Waals surface area contributed by atoms with Crippen molar-refractivity contribution in [3.63, 3.8) is 0 Å². The quantitative estimate of drug-likeness (QED) is 0.731. The fourth-order valence-electron chi connectivity index (χ4n) is 2.74. The molecule has 126 valence electrons. The highest BCUT2D eigenvalue weighted by molar-refractivity contribution is 5.58. The summed E-state index contributed by atoms with van der Waals surface area (Å²) in [6, 6.07) is 6.37. The Kier molecular flexibility index (Phi) is 7.04. The molecule has 1 aromatic carbocycles. The number of alkyl halides is 3. The van der Waals surface area contributed by atoms with Gasteiger partial charge in [-0.25, -0.2) is 0 Å². The van der Waals surface area contributed by atoms with Gasteiger partial charge in [0, 0.05) is 13.1 Å². The molecule has 1 fully saturated rings. The predicted molar refractivity (Wildman–Crippen MR) is 84.2 cm³/mol. The Labute approximate surface area is 131 Å². The number of anilines is 1. The van der Waals surface area contributed by atoms with Gasteiger partial charge in [0.2, 0.25) is 0 Å². The van der Waals surface area contributed by atoms with E-state index in [9.17, 15) is 13.2 Å². The first kappa shape index (κ1) is 18.7. The summed E-state index contributed by atoms with van der Waals surface area (Å²) in [5.74, 6) is 1.17. The van der Waals surface area contributed by atoms with Crippen molar-refractivity contribution in [3.8, 4) is 5.75 Å². The van der Waals surface area contributed by atoms with Gasteiger partial charge in [0.05, 0.1) is 5.69 Å². The lowest BCUT2D eigenvalue weighted by molar-refractivity contribution is -0.274. The summed E-state index contributed by atoms with van der Waals surface area (Å²) in [6.45, 7) is 9.95. The standard InChI is InChI=1S/C15H20F3NO.C2H6/c1-11(2)12-7-9-19(10-8-12)13-5-3-4-6-14(13)20-15(16,17)18;1-2/h3-6,11-12H,7-10H2,1-2H3;1-2H3. The van der Waals surface area contributed by atoms with Crippen molar-refractivity contribution in [1.29, 1.82) is 0 Å². The van der Waals surface area contributed by atoms with Crippen LogP contribution in [0.3, 0.4) is 0 Å². The smallest absolute Gasteiger partial charge is 0.404 e. The molecular formula is C17H26F3NO. The molecule has 2 nitrogen and oxygen atoms in total. The second-order valence-electron chi connectivity index (χ2n) is 5.58. The number of nitrogens with zero attached hydrogens (tertiary/aromatic N) is 1. The molecule has 1 aliphatic heterocycles. The van der Waals surface area contributed by atoms with Crippen LogP contribution < -0.4 is 9.64 Å². The van der Waals surface area contributed by atoms with Crippen molar-refractivity contribution >= 4 is 5.69 Å². The lowest BCUT2D eigenvalue weighted by atomic mass is 9.86. The highest BCUT2D eigenvalue weighted by atomic mass is 19.4. The molecular weight excluding hydrogens is 291 g/mol. The maximum Gasteiger partial charge on any atom is 0.573 e. The normalized spacial score (nSPS) is 16.3. The van der Waals surface area contributed by atoms with E-state index in [0.29, 0.717) is 17.5 Å². The second kappa shape index (κ2) is 8.30. The van der Waals surface area contributed by atoms with Crippen molar-refractivity contribution in [2.45, 2.75) is 46.9 Å². The maximum absolute atomic E-state index is 12.4. The van der Waals surface area contributed by atoms with E-state index >= 15 is 0 Å². The highest BCUT2D eigenvalue weighted by Crippen LogP contribution is 2.35. The van der Waals surface area contributed by atoms with Gasteiger partial charge >= 0.3 is 6.36 Å². The first-order chi connectivity index (χ1) is 10.4. The fraction of sp³-hybridized carbons (Fsp3) is 0.647. The number of benzene rings is 1. The Morgan fingerprint density at radius 1 is 1.09 bits per heavy atom. The minimum atomic E-state index is -4.65. The molecule has 1 aromatic rings. The van der Waals surface area contributed by atoms with Crippen molar-refractivity contribution in [2.75, 3.05) is 18.0 Å². The molecule has 0 amide bonds. The summed E-state index contributed by atoms with van der Waals surface area (Å²) < 4.78 is 41.4. The molecule has 0 saturated carbocycles. The molecule has 0 aliphatic carbocycles. The average Bonchev–Trinajstić information content (AvgIpc) is 2.48.